The molecule has 1 fully saturated rings. The first-order valence-corrected chi connectivity index (χ1v) is 17.0. The number of nitrogen functional groups attached to an aromatic ring is 1. The fraction of sp³-hybridized carbons (Fsp3) is 0.370. The number of aliphatic hydroxyl groups is 1. The molecule has 4 aromatic rings. The Hall–Kier alpha value is -2.60. The molecule has 2 aromatic heterocycles. The molecule has 0 saturated carbocycles. The predicted molar refractivity (Wildman–Crippen MR) is 159 cm³/mol. The van der Waals surface area contributed by atoms with Crippen molar-refractivity contribution in [2.75, 3.05) is 17.8 Å². The normalized spacial score (nSPS) is 19.8. The quantitative estimate of drug-likeness (QED) is 0.161. The van der Waals surface area contributed by atoms with Crippen LogP contribution in [0.2, 0.25) is 0 Å². The summed E-state index contributed by atoms with van der Waals surface area (Å²) < 4.78 is 34.3. The van der Waals surface area contributed by atoms with E-state index in [9.17, 15) is 9.67 Å². The number of aromatic nitrogens is 4. The number of nitrogens with two attached hydrogens (primary N) is 1. The second-order valence-electron chi connectivity index (χ2n) is 9.64. The first kappa shape index (κ1) is 28.9. The summed E-state index contributed by atoms with van der Waals surface area (Å²) in [6.07, 6.45) is 2.76. The Kier molecular flexibility index (Phi) is 9.34. The number of aryl methyl sites for hydroxylation is 1. The maximum atomic E-state index is 14.2. The van der Waals surface area contributed by atoms with Crippen molar-refractivity contribution >= 4 is 46.2 Å². The van der Waals surface area contributed by atoms with E-state index < -0.39 is 7.60 Å². The highest BCUT2D eigenvalue weighted by Gasteiger charge is 2.36. The minimum Gasteiger partial charge on any atom is -0.423 e. The topological polar surface area (TPSA) is 135 Å². The Morgan fingerprint density at radius 1 is 1.18 bits per heavy atom. The molecule has 10 nitrogen and oxygen atoms in total. The number of aliphatic hydroxyl groups excluding tert-OH is 1. The molecule has 3 N–H and O–H groups in total. The molecule has 0 spiro atoms. The van der Waals surface area contributed by atoms with Crippen LogP contribution in [0, 0.1) is 6.92 Å². The third-order valence-corrected chi connectivity index (χ3v) is 10.9. The van der Waals surface area contributed by atoms with Gasteiger partial charge in [0, 0.05) is 11.0 Å². The van der Waals surface area contributed by atoms with Crippen molar-refractivity contribution in [2.24, 2.45) is 0 Å². The number of hydrogen-bond donors (Lipinski definition) is 2. The second kappa shape index (κ2) is 12.9. The summed E-state index contributed by atoms with van der Waals surface area (Å²) in [6, 6.07) is 15.2. The average Bonchev–Trinajstić information content (AvgIpc) is 3.37. The minimum atomic E-state index is -3.73. The van der Waals surface area contributed by atoms with Crippen LogP contribution in [-0.4, -0.2) is 48.9 Å². The van der Waals surface area contributed by atoms with Gasteiger partial charge in [0.1, 0.15) is 17.6 Å². The number of ether oxygens (including phenoxy) is 1. The monoisotopic (exact) mass is 601 g/mol. The summed E-state index contributed by atoms with van der Waals surface area (Å²) in [7, 11) is -0.324. The summed E-state index contributed by atoms with van der Waals surface area (Å²) in [6.45, 7) is 4.23. The number of benzene rings is 2. The van der Waals surface area contributed by atoms with Gasteiger partial charge < -0.3 is 24.7 Å². The van der Waals surface area contributed by atoms with E-state index >= 15 is 0 Å². The van der Waals surface area contributed by atoms with Gasteiger partial charge in [-0.25, -0.2) is 19.5 Å². The maximum absolute atomic E-state index is 14.2. The summed E-state index contributed by atoms with van der Waals surface area (Å²) in [5.41, 5.74) is 10.0. The maximum Gasteiger partial charge on any atom is 0.405 e. The number of rotatable bonds is 11. The van der Waals surface area contributed by atoms with Gasteiger partial charge in [-0.05, 0) is 43.5 Å². The van der Waals surface area contributed by atoms with Gasteiger partial charge in [0.05, 0.1) is 31.7 Å². The van der Waals surface area contributed by atoms with Gasteiger partial charge in [-0.1, -0.05) is 63.5 Å². The molecular weight excluding hydrogens is 569 g/mol. The van der Waals surface area contributed by atoms with Gasteiger partial charge in [-0.3, -0.25) is 4.52 Å². The Balaban J connectivity index is 1.30. The fourth-order valence-electron chi connectivity index (χ4n) is 4.43. The molecule has 0 amide bonds. The van der Waals surface area contributed by atoms with Crippen LogP contribution in [-0.2, 0) is 27.0 Å². The highest BCUT2D eigenvalue weighted by Crippen LogP contribution is 2.55. The molecule has 1 aliphatic rings. The fourth-order valence-corrected chi connectivity index (χ4v) is 9.14. The summed E-state index contributed by atoms with van der Waals surface area (Å²) in [5.74, 6) is 1.42. The summed E-state index contributed by atoms with van der Waals surface area (Å²) in [5, 5.41) is 9.91. The number of anilines is 1. The van der Waals surface area contributed by atoms with E-state index in [1.165, 1.54) is 6.33 Å². The number of fused-ring (bicyclic) bond motifs is 1. The van der Waals surface area contributed by atoms with Crippen LogP contribution >= 0.6 is 29.2 Å². The van der Waals surface area contributed by atoms with Gasteiger partial charge in [-0.15, -0.1) is 0 Å². The van der Waals surface area contributed by atoms with E-state index in [1.807, 2.05) is 54.8 Å². The lowest BCUT2D eigenvalue weighted by atomic mass is 10.0. The van der Waals surface area contributed by atoms with Crippen molar-refractivity contribution in [3.05, 3.63) is 77.9 Å². The van der Waals surface area contributed by atoms with Crippen LogP contribution in [0.3, 0.4) is 0 Å². The van der Waals surface area contributed by atoms with Crippen LogP contribution in [0.5, 0.6) is 5.75 Å². The molecule has 0 bridgehead atoms. The lowest BCUT2D eigenvalue weighted by molar-refractivity contribution is 0.0672. The molecule has 2 aromatic carbocycles. The largest absolute Gasteiger partial charge is 0.423 e. The number of imidazole rings is 1. The smallest absolute Gasteiger partial charge is 0.405 e. The lowest BCUT2D eigenvalue weighted by Gasteiger charge is -2.32. The van der Waals surface area contributed by atoms with Crippen molar-refractivity contribution in [2.45, 2.75) is 50.9 Å². The van der Waals surface area contributed by atoms with E-state index in [1.54, 1.807) is 40.0 Å². The predicted octanol–water partition coefficient (Wildman–Crippen LogP) is 5.76. The van der Waals surface area contributed by atoms with Crippen molar-refractivity contribution in [3.63, 3.8) is 0 Å². The van der Waals surface area contributed by atoms with Crippen LogP contribution in [0.1, 0.15) is 35.3 Å². The van der Waals surface area contributed by atoms with E-state index in [0.29, 0.717) is 41.4 Å². The zero-order valence-corrected chi connectivity index (χ0v) is 24.8. The molecular formula is C27H32N5O5PS2. The van der Waals surface area contributed by atoms with Gasteiger partial charge in [0.15, 0.2) is 17.8 Å². The second-order valence-corrected chi connectivity index (χ2v) is 14.1. The molecule has 4 atom stereocenters. The molecule has 13 heteroatoms. The first-order chi connectivity index (χ1) is 19.3. The van der Waals surface area contributed by atoms with Gasteiger partial charge in [0.2, 0.25) is 0 Å². The van der Waals surface area contributed by atoms with Gasteiger partial charge >= 0.3 is 7.60 Å². The molecule has 0 radical (unpaired) electrons. The zero-order chi connectivity index (χ0) is 28.1. The Morgan fingerprint density at radius 2 is 1.98 bits per heavy atom. The Labute approximate surface area is 241 Å². The van der Waals surface area contributed by atoms with Gasteiger partial charge in [0.25, 0.3) is 0 Å². The molecule has 0 aliphatic carbocycles. The van der Waals surface area contributed by atoms with Crippen LogP contribution < -0.4 is 10.3 Å². The van der Waals surface area contributed by atoms with E-state index in [0.717, 1.165) is 16.7 Å². The van der Waals surface area contributed by atoms with E-state index in [2.05, 4.69) is 15.0 Å². The Morgan fingerprint density at radius 3 is 2.77 bits per heavy atom. The molecule has 1 aliphatic heterocycles. The van der Waals surface area contributed by atoms with Crippen LogP contribution in [0.4, 0.5) is 5.82 Å². The van der Waals surface area contributed by atoms with E-state index in [4.69, 9.17) is 19.5 Å². The molecule has 4 unspecified atom stereocenters. The summed E-state index contributed by atoms with van der Waals surface area (Å²) in [4.78, 5) is 12.6. The highest BCUT2D eigenvalue weighted by atomic mass is 33.1. The molecule has 212 valence electrons. The standard InChI is InChI=1S/C27H32N5O5PS2/c1-18-7-9-21(10-8-18)36-38(34,17-35-19(2)12-32-16-31-25-26(28)29-15-30-27(25)32)37-22-11-24(40-39-14-22)23-6-4-3-5-20(23)13-33/h3-10,15-16,19,22,24,33H,11-14,17H2,1-2H3,(H2,28,29,30). The molecule has 3 heterocycles. The third-order valence-electron chi connectivity index (χ3n) is 6.46. The van der Waals surface area contributed by atoms with Crippen LogP contribution in [0.15, 0.2) is 61.2 Å². The lowest BCUT2D eigenvalue weighted by Crippen LogP contribution is -2.24. The van der Waals surface area contributed by atoms with Gasteiger partial charge in [-0.2, -0.15) is 0 Å². The van der Waals surface area contributed by atoms with E-state index in [-0.39, 0.29) is 30.4 Å². The van der Waals surface area contributed by atoms with Crippen molar-refractivity contribution in [1.82, 2.24) is 19.5 Å². The molecule has 5 rings (SSSR count). The zero-order valence-electron chi connectivity index (χ0n) is 22.3. The first-order valence-electron chi connectivity index (χ1n) is 12.9. The highest BCUT2D eigenvalue weighted by molar-refractivity contribution is 8.76. The van der Waals surface area contributed by atoms with Crippen molar-refractivity contribution < 1.29 is 23.5 Å². The van der Waals surface area contributed by atoms with Crippen molar-refractivity contribution in [1.29, 1.82) is 0 Å². The Bertz CT molecular complexity index is 1490. The number of nitrogens with zero attached hydrogens (tertiary/aromatic N) is 4. The average molecular weight is 602 g/mol. The molecule has 40 heavy (non-hydrogen) atoms. The van der Waals surface area contributed by atoms with Crippen molar-refractivity contribution in [3.8, 4) is 5.75 Å². The molecule has 1 saturated heterocycles. The summed E-state index contributed by atoms with van der Waals surface area (Å²) >= 11 is 0. The van der Waals surface area contributed by atoms with Crippen LogP contribution in [0.25, 0.3) is 11.2 Å². The third kappa shape index (κ3) is 6.99. The SMILES string of the molecule is Cc1ccc(OP(=O)(COC(C)Cn2cnc3c(N)ncnc32)OC2CSSC(c3ccccc3CO)C2)cc1. The minimum absolute atomic E-state index is 0.0327. The number of hydrogen-bond acceptors (Lipinski definition) is 11.